The summed E-state index contributed by atoms with van der Waals surface area (Å²) in [7, 11) is 0. The van der Waals surface area contributed by atoms with E-state index in [9.17, 15) is 4.79 Å². The van der Waals surface area contributed by atoms with E-state index in [4.69, 9.17) is 28.7 Å². The van der Waals surface area contributed by atoms with E-state index in [1.54, 1.807) is 0 Å². The summed E-state index contributed by atoms with van der Waals surface area (Å²) >= 11 is 0. The van der Waals surface area contributed by atoms with E-state index >= 15 is 0 Å². The van der Waals surface area contributed by atoms with Crippen molar-refractivity contribution in [1.82, 2.24) is 10.6 Å². The zero-order chi connectivity index (χ0) is 24.9. The van der Waals surface area contributed by atoms with Crippen molar-refractivity contribution in [2.75, 3.05) is 19.6 Å². The second-order valence-corrected chi connectivity index (χ2v) is 8.42. The Morgan fingerprint density at radius 3 is 2.21 bits per heavy atom. The van der Waals surface area contributed by atoms with Crippen LogP contribution < -0.4 is 39.3 Å². The summed E-state index contributed by atoms with van der Waals surface area (Å²) in [6.07, 6.45) is 2.73. The SMILES string of the molecule is C[C@H](NC(=O)[C@H](CCCN=C(N)N)NC[C@@H](N)CCCN=C(N)N)c1cccc2ccccc12. The molecule has 2 aromatic carbocycles. The van der Waals surface area contributed by atoms with Crippen LogP contribution in [0.15, 0.2) is 52.4 Å². The lowest BCUT2D eigenvalue weighted by Crippen LogP contribution is -2.48. The van der Waals surface area contributed by atoms with E-state index in [1.165, 1.54) is 0 Å². The topological polar surface area (TPSA) is 196 Å². The molecule has 2 aromatic rings. The van der Waals surface area contributed by atoms with Crippen LogP contribution in [0, 0.1) is 0 Å². The number of aliphatic imine (C=N–C) groups is 2. The van der Waals surface area contributed by atoms with Gasteiger partial charge in [-0.3, -0.25) is 14.8 Å². The third-order valence-electron chi connectivity index (χ3n) is 5.56. The van der Waals surface area contributed by atoms with E-state index in [2.05, 4.69) is 38.8 Å². The van der Waals surface area contributed by atoms with Crippen molar-refractivity contribution >= 4 is 28.6 Å². The van der Waals surface area contributed by atoms with Crippen molar-refractivity contribution in [3.63, 3.8) is 0 Å². The second-order valence-electron chi connectivity index (χ2n) is 8.42. The first-order chi connectivity index (χ1) is 16.3. The number of amides is 1. The molecule has 0 aromatic heterocycles. The zero-order valence-corrected chi connectivity index (χ0v) is 19.9. The largest absolute Gasteiger partial charge is 0.370 e. The molecule has 186 valence electrons. The van der Waals surface area contributed by atoms with Gasteiger partial charge in [-0.25, -0.2) is 0 Å². The van der Waals surface area contributed by atoms with Crippen molar-refractivity contribution in [1.29, 1.82) is 0 Å². The number of benzene rings is 2. The highest BCUT2D eigenvalue weighted by Crippen LogP contribution is 2.24. The van der Waals surface area contributed by atoms with Gasteiger partial charge in [0.05, 0.1) is 12.1 Å². The van der Waals surface area contributed by atoms with Crippen molar-refractivity contribution < 1.29 is 4.79 Å². The highest BCUT2D eigenvalue weighted by molar-refractivity contribution is 5.87. The van der Waals surface area contributed by atoms with Gasteiger partial charge < -0.3 is 39.3 Å². The lowest BCUT2D eigenvalue weighted by Gasteiger charge is -2.24. The Hall–Kier alpha value is -3.37. The molecule has 3 atom stereocenters. The maximum Gasteiger partial charge on any atom is 0.237 e. The average Bonchev–Trinajstić information content (AvgIpc) is 2.80. The van der Waals surface area contributed by atoms with Crippen LogP contribution in [-0.2, 0) is 4.79 Å². The minimum Gasteiger partial charge on any atom is -0.370 e. The Kier molecular flexibility index (Phi) is 11.1. The summed E-state index contributed by atoms with van der Waals surface area (Å²) < 4.78 is 0. The highest BCUT2D eigenvalue weighted by Gasteiger charge is 2.21. The van der Waals surface area contributed by atoms with Crippen LogP contribution >= 0.6 is 0 Å². The highest BCUT2D eigenvalue weighted by atomic mass is 16.2. The fourth-order valence-electron chi connectivity index (χ4n) is 3.81. The predicted octanol–water partition coefficient (Wildman–Crippen LogP) is 0.410. The van der Waals surface area contributed by atoms with Gasteiger partial charge in [-0.15, -0.1) is 0 Å². The lowest BCUT2D eigenvalue weighted by atomic mass is 9.99. The molecular weight excluding hydrogens is 430 g/mol. The molecule has 0 bridgehead atoms. The standard InChI is InChI=1S/C24H39N9O/c1-16(19-11-4-8-17-7-2-3-10-20(17)19)33-22(34)21(12-6-14-31-24(28)29)32-15-18(25)9-5-13-30-23(26)27/h2-4,7-8,10-11,16,18,21,32H,5-6,9,12-15,25H2,1H3,(H,33,34)(H4,26,27,30)(H4,28,29,31)/t16-,18-,21-/m0/s1. The predicted molar refractivity (Wildman–Crippen MR) is 140 cm³/mol. The van der Waals surface area contributed by atoms with Crippen LogP contribution in [0.3, 0.4) is 0 Å². The van der Waals surface area contributed by atoms with Gasteiger partial charge in [-0.2, -0.15) is 0 Å². The number of guanidine groups is 2. The third-order valence-corrected chi connectivity index (χ3v) is 5.56. The monoisotopic (exact) mass is 469 g/mol. The van der Waals surface area contributed by atoms with Gasteiger partial charge in [-0.1, -0.05) is 42.5 Å². The molecule has 0 aliphatic carbocycles. The quantitative estimate of drug-likeness (QED) is 0.118. The first-order valence-corrected chi connectivity index (χ1v) is 11.7. The first kappa shape index (κ1) is 26.9. The molecule has 0 radical (unpaired) electrons. The summed E-state index contributed by atoms with van der Waals surface area (Å²) in [5.74, 6) is 0.0312. The molecule has 0 fully saturated rings. The van der Waals surface area contributed by atoms with Crippen LogP contribution in [0.25, 0.3) is 10.8 Å². The van der Waals surface area contributed by atoms with Crippen molar-refractivity contribution in [2.45, 2.75) is 50.7 Å². The van der Waals surface area contributed by atoms with E-state index in [1.807, 2.05) is 31.2 Å². The van der Waals surface area contributed by atoms with Gasteiger partial charge in [-0.05, 0) is 48.9 Å². The third kappa shape index (κ3) is 9.24. The number of nitrogens with two attached hydrogens (primary N) is 5. The summed E-state index contributed by atoms with van der Waals surface area (Å²) in [5, 5.41) is 8.73. The van der Waals surface area contributed by atoms with E-state index in [-0.39, 0.29) is 29.9 Å². The molecule has 10 heteroatoms. The molecule has 0 saturated carbocycles. The molecule has 0 aliphatic rings. The van der Waals surface area contributed by atoms with Gasteiger partial charge in [0, 0.05) is 25.7 Å². The maximum absolute atomic E-state index is 13.2. The number of carbonyl (C=O) groups excluding carboxylic acids is 1. The van der Waals surface area contributed by atoms with Gasteiger partial charge in [0.15, 0.2) is 11.9 Å². The Balaban J connectivity index is 1.99. The van der Waals surface area contributed by atoms with Gasteiger partial charge in [0.25, 0.3) is 0 Å². The molecular formula is C24H39N9O. The van der Waals surface area contributed by atoms with Crippen molar-refractivity contribution in [3.05, 3.63) is 48.0 Å². The average molecular weight is 470 g/mol. The molecule has 0 spiro atoms. The maximum atomic E-state index is 13.2. The molecule has 10 nitrogen and oxygen atoms in total. The Morgan fingerprint density at radius 2 is 1.53 bits per heavy atom. The zero-order valence-electron chi connectivity index (χ0n) is 19.9. The van der Waals surface area contributed by atoms with Crippen molar-refractivity contribution in [2.24, 2.45) is 38.7 Å². The summed E-state index contributed by atoms with van der Waals surface area (Å²) in [5.41, 5.74) is 28.8. The van der Waals surface area contributed by atoms with Crippen LogP contribution in [-0.4, -0.2) is 49.5 Å². The molecule has 1 amide bonds. The molecule has 34 heavy (non-hydrogen) atoms. The Labute approximate surface area is 201 Å². The van der Waals surface area contributed by atoms with E-state index < -0.39 is 6.04 Å². The summed E-state index contributed by atoms with van der Waals surface area (Å²) in [6, 6.07) is 13.6. The van der Waals surface area contributed by atoms with E-state index in [0.29, 0.717) is 32.5 Å². The number of hydrogen-bond acceptors (Lipinski definition) is 5. The number of carbonyl (C=O) groups is 1. The van der Waals surface area contributed by atoms with Gasteiger partial charge in [0.2, 0.25) is 5.91 Å². The normalized spacial score (nSPS) is 13.6. The van der Waals surface area contributed by atoms with E-state index in [0.717, 1.165) is 29.2 Å². The molecule has 0 unspecified atom stereocenters. The Morgan fingerprint density at radius 1 is 0.912 bits per heavy atom. The van der Waals surface area contributed by atoms with Crippen LogP contribution in [0.2, 0.25) is 0 Å². The second kappa shape index (κ2) is 14.0. The van der Waals surface area contributed by atoms with Crippen LogP contribution in [0.5, 0.6) is 0 Å². The summed E-state index contributed by atoms with van der Waals surface area (Å²) in [4.78, 5) is 21.2. The summed E-state index contributed by atoms with van der Waals surface area (Å²) in [6.45, 7) is 3.47. The molecule has 2 rings (SSSR count). The van der Waals surface area contributed by atoms with Crippen LogP contribution in [0.1, 0.15) is 44.2 Å². The number of hydrogen-bond donors (Lipinski definition) is 7. The number of nitrogens with one attached hydrogen (secondary N) is 2. The Bertz CT molecular complexity index is 963. The number of nitrogens with zero attached hydrogens (tertiary/aromatic N) is 2. The smallest absolute Gasteiger partial charge is 0.237 e. The number of fused-ring (bicyclic) bond motifs is 1. The molecule has 0 heterocycles. The fraction of sp³-hybridized carbons (Fsp3) is 0.458. The van der Waals surface area contributed by atoms with Gasteiger partial charge >= 0.3 is 0 Å². The number of rotatable bonds is 14. The molecule has 12 N–H and O–H groups in total. The minimum atomic E-state index is -0.421. The lowest BCUT2D eigenvalue weighted by molar-refractivity contribution is -0.124. The van der Waals surface area contributed by atoms with Crippen molar-refractivity contribution in [3.8, 4) is 0 Å². The van der Waals surface area contributed by atoms with Gasteiger partial charge in [0.1, 0.15) is 0 Å². The molecule has 0 aliphatic heterocycles. The molecule has 0 saturated heterocycles. The fourth-order valence-corrected chi connectivity index (χ4v) is 3.81. The first-order valence-electron chi connectivity index (χ1n) is 11.7. The van der Waals surface area contributed by atoms with Crippen LogP contribution in [0.4, 0.5) is 0 Å². The minimum absolute atomic E-state index is 0.0429.